The first-order chi connectivity index (χ1) is 7.01. The van der Waals surface area contributed by atoms with Crippen LogP contribution in [0.25, 0.3) is 0 Å². The van der Waals surface area contributed by atoms with Gasteiger partial charge in [-0.25, -0.2) is 4.98 Å². The topological polar surface area (TPSA) is 43.8 Å². The number of hydrogen-bond acceptors (Lipinski definition) is 2. The molecule has 2 atom stereocenters. The zero-order chi connectivity index (χ0) is 11.5. The maximum absolute atomic E-state index is 6.33. The number of rotatable bonds is 5. The third kappa shape index (κ3) is 2.81. The number of aromatic nitrogens is 2. The summed E-state index contributed by atoms with van der Waals surface area (Å²) in [5.41, 5.74) is 6.17. The lowest BCUT2D eigenvalue weighted by atomic mass is 9.83. The fraction of sp³-hybridized carbons (Fsp3) is 0.750. The first kappa shape index (κ1) is 12.2. The second-order valence-corrected chi connectivity index (χ2v) is 4.62. The van der Waals surface area contributed by atoms with Crippen molar-refractivity contribution >= 4 is 0 Å². The quantitative estimate of drug-likeness (QED) is 0.808. The van der Waals surface area contributed by atoms with Crippen LogP contribution in [-0.2, 0) is 13.0 Å². The molecule has 0 aliphatic carbocycles. The Bertz CT molecular complexity index is 302. The van der Waals surface area contributed by atoms with Crippen molar-refractivity contribution < 1.29 is 0 Å². The highest BCUT2D eigenvalue weighted by atomic mass is 15.1. The molecule has 0 fully saturated rings. The van der Waals surface area contributed by atoms with Crippen molar-refractivity contribution in [1.29, 1.82) is 0 Å². The van der Waals surface area contributed by atoms with Gasteiger partial charge < -0.3 is 10.3 Å². The van der Waals surface area contributed by atoms with E-state index in [2.05, 4.69) is 37.2 Å². The monoisotopic (exact) mass is 209 g/mol. The van der Waals surface area contributed by atoms with Crippen molar-refractivity contribution in [1.82, 2.24) is 9.55 Å². The molecule has 2 N–H and O–H groups in total. The Balaban J connectivity index is 2.76. The van der Waals surface area contributed by atoms with Crippen molar-refractivity contribution in [2.75, 3.05) is 0 Å². The Labute approximate surface area is 92.7 Å². The number of hydrogen-bond donors (Lipinski definition) is 1. The largest absolute Gasteiger partial charge is 0.335 e. The van der Waals surface area contributed by atoms with Gasteiger partial charge in [-0.15, -0.1) is 0 Å². The van der Waals surface area contributed by atoms with Crippen molar-refractivity contribution in [2.24, 2.45) is 11.7 Å². The second-order valence-electron chi connectivity index (χ2n) is 4.62. The molecule has 2 unspecified atom stereocenters. The van der Waals surface area contributed by atoms with Crippen molar-refractivity contribution in [2.45, 2.75) is 52.6 Å². The molecular weight excluding hydrogens is 186 g/mol. The predicted octanol–water partition coefficient (Wildman–Crippen LogP) is 2.21. The molecule has 3 nitrogen and oxygen atoms in total. The first-order valence-electron chi connectivity index (χ1n) is 5.80. The molecule has 0 spiro atoms. The molecule has 0 aromatic carbocycles. The molecule has 0 aliphatic heterocycles. The van der Waals surface area contributed by atoms with Gasteiger partial charge in [0.1, 0.15) is 5.82 Å². The fourth-order valence-corrected chi connectivity index (χ4v) is 1.78. The minimum Gasteiger partial charge on any atom is -0.335 e. The van der Waals surface area contributed by atoms with E-state index in [9.17, 15) is 0 Å². The number of aryl methyl sites for hydroxylation is 1. The van der Waals surface area contributed by atoms with Gasteiger partial charge in [-0.3, -0.25) is 0 Å². The van der Waals surface area contributed by atoms with Crippen LogP contribution in [0.4, 0.5) is 0 Å². The highest BCUT2D eigenvalue weighted by Crippen LogP contribution is 2.21. The lowest BCUT2D eigenvalue weighted by Gasteiger charge is -2.30. The number of nitrogens with zero attached hydrogens (tertiary/aromatic N) is 2. The van der Waals surface area contributed by atoms with Gasteiger partial charge >= 0.3 is 0 Å². The maximum atomic E-state index is 6.33. The van der Waals surface area contributed by atoms with Gasteiger partial charge in [0.2, 0.25) is 0 Å². The summed E-state index contributed by atoms with van der Waals surface area (Å²) in [6.07, 6.45) is 5.83. The van der Waals surface area contributed by atoms with Crippen LogP contribution in [0.2, 0.25) is 0 Å². The van der Waals surface area contributed by atoms with E-state index in [1.54, 1.807) is 0 Å². The Kier molecular flexibility index (Phi) is 3.91. The van der Waals surface area contributed by atoms with Crippen LogP contribution in [-0.4, -0.2) is 15.1 Å². The zero-order valence-corrected chi connectivity index (χ0v) is 10.3. The summed E-state index contributed by atoms with van der Waals surface area (Å²) in [4.78, 5) is 4.37. The van der Waals surface area contributed by atoms with Crippen LogP contribution in [0.5, 0.6) is 0 Å². The van der Waals surface area contributed by atoms with Crippen molar-refractivity contribution in [3.63, 3.8) is 0 Å². The van der Waals surface area contributed by atoms with E-state index in [0.717, 1.165) is 25.2 Å². The molecule has 3 heteroatoms. The Morgan fingerprint density at radius 1 is 1.53 bits per heavy atom. The molecule has 0 saturated carbocycles. The average molecular weight is 209 g/mol. The van der Waals surface area contributed by atoms with Gasteiger partial charge in [0.15, 0.2) is 0 Å². The average Bonchev–Trinajstić information content (AvgIpc) is 2.63. The molecular formula is C12H23N3. The third-order valence-corrected chi connectivity index (χ3v) is 3.42. The van der Waals surface area contributed by atoms with E-state index in [-0.39, 0.29) is 5.54 Å². The molecule has 0 bridgehead atoms. The van der Waals surface area contributed by atoms with E-state index in [4.69, 9.17) is 5.73 Å². The summed E-state index contributed by atoms with van der Waals surface area (Å²) in [5.74, 6) is 1.61. The molecule has 86 valence electrons. The highest BCUT2D eigenvalue weighted by Gasteiger charge is 2.27. The Morgan fingerprint density at radius 3 is 2.73 bits per heavy atom. The standard InChI is InChI=1S/C12H23N3/c1-5-10(3)12(4,13)9-11-14-7-8-15(11)6-2/h7-8,10H,5-6,9,13H2,1-4H3. The van der Waals surface area contributed by atoms with E-state index in [1.807, 2.05) is 12.4 Å². The molecule has 1 aromatic rings. The second kappa shape index (κ2) is 4.79. The Hall–Kier alpha value is -0.830. The SMILES string of the molecule is CCC(C)C(C)(N)Cc1nccn1CC. The van der Waals surface area contributed by atoms with Gasteiger partial charge in [-0.05, 0) is 19.8 Å². The van der Waals surface area contributed by atoms with E-state index >= 15 is 0 Å². The van der Waals surface area contributed by atoms with E-state index in [0.29, 0.717) is 5.92 Å². The molecule has 0 saturated heterocycles. The highest BCUT2D eigenvalue weighted by molar-refractivity contribution is 5.00. The Morgan fingerprint density at radius 2 is 2.20 bits per heavy atom. The summed E-state index contributed by atoms with van der Waals surface area (Å²) < 4.78 is 2.16. The molecule has 1 aromatic heterocycles. The van der Waals surface area contributed by atoms with Gasteiger partial charge in [-0.1, -0.05) is 20.3 Å². The van der Waals surface area contributed by atoms with Gasteiger partial charge in [0.05, 0.1) is 0 Å². The van der Waals surface area contributed by atoms with Gasteiger partial charge in [-0.2, -0.15) is 0 Å². The summed E-state index contributed by atoms with van der Waals surface area (Å²) in [5, 5.41) is 0. The molecule has 1 heterocycles. The first-order valence-corrected chi connectivity index (χ1v) is 5.80. The van der Waals surface area contributed by atoms with Crippen molar-refractivity contribution in [3.05, 3.63) is 18.2 Å². The minimum absolute atomic E-state index is 0.160. The zero-order valence-electron chi connectivity index (χ0n) is 10.3. The lowest BCUT2D eigenvalue weighted by Crippen LogP contribution is -2.45. The lowest BCUT2D eigenvalue weighted by molar-refractivity contribution is 0.298. The van der Waals surface area contributed by atoms with Crippen LogP contribution < -0.4 is 5.73 Å². The van der Waals surface area contributed by atoms with Crippen LogP contribution in [0.1, 0.15) is 39.9 Å². The van der Waals surface area contributed by atoms with Gasteiger partial charge in [0, 0.05) is 30.9 Å². The van der Waals surface area contributed by atoms with E-state index < -0.39 is 0 Å². The minimum atomic E-state index is -0.160. The molecule has 15 heavy (non-hydrogen) atoms. The smallest absolute Gasteiger partial charge is 0.110 e. The maximum Gasteiger partial charge on any atom is 0.110 e. The van der Waals surface area contributed by atoms with Crippen molar-refractivity contribution in [3.8, 4) is 0 Å². The van der Waals surface area contributed by atoms with Gasteiger partial charge in [0.25, 0.3) is 0 Å². The molecule has 0 amide bonds. The molecule has 1 rings (SSSR count). The summed E-state index contributed by atoms with van der Waals surface area (Å²) in [7, 11) is 0. The fourth-order valence-electron chi connectivity index (χ4n) is 1.78. The third-order valence-electron chi connectivity index (χ3n) is 3.42. The molecule has 0 radical (unpaired) electrons. The van der Waals surface area contributed by atoms with E-state index in [1.165, 1.54) is 0 Å². The normalized spacial score (nSPS) is 17.4. The van der Waals surface area contributed by atoms with Crippen LogP contribution >= 0.6 is 0 Å². The number of imidazole rings is 1. The summed E-state index contributed by atoms with van der Waals surface area (Å²) >= 11 is 0. The summed E-state index contributed by atoms with van der Waals surface area (Å²) in [6.45, 7) is 9.60. The van der Waals surface area contributed by atoms with Crippen LogP contribution in [0.3, 0.4) is 0 Å². The van der Waals surface area contributed by atoms with Crippen LogP contribution in [0.15, 0.2) is 12.4 Å². The molecule has 0 aliphatic rings. The summed E-state index contributed by atoms with van der Waals surface area (Å²) in [6, 6.07) is 0. The van der Waals surface area contributed by atoms with Crippen LogP contribution in [0, 0.1) is 5.92 Å². The number of nitrogens with two attached hydrogens (primary N) is 1. The predicted molar refractivity (Wildman–Crippen MR) is 63.7 cm³/mol.